The quantitative estimate of drug-likeness (QED) is 0.703. The predicted molar refractivity (Wildman–Crippen MR) is 53.7 cm³/mol. The lowest BCUT2D eigenvalue weighted by molar-refractivity contribution is 0.0416. The van der Waals surface area contributed by atoms with Crippen molar-refractivity contribution >= 4 is 18.2 Å². The highest BCUT2D eigenvalue weighted by Gasteiger charge is 2.24. The molecule has 1 aliphatic heterocycles. The Morgan fingerprint density at radius 2 is 2.00 bits per heavy atom. The zero-order chi connectivity index (χ0) is 9.10. The molecule has 4 heteroatoms. The molecule has 1 heterocycles. The molecule has 2 rings (SSSR count). The molecule has 0 N–H and O–H groups in total. The van der Waals surface area contributed by atoms with Gasteiger partial charge in [-0.1, -0.05) is 30.3 Å². The van der Waals surface area contributed by atoms with E-state index in [2.05, 4.69) is 0 Å². The van der Waals surface area contributed by atoms with Gasteiger partial charge in [0, 0.05) is 5.56 Å². The van der Waals surface area contributed by atoms with Crippen LogP contribution in [0.15, 0.2) is 30.3 Å². The van der Waals surface area contributed by atoms with Gasteiger partial charge in [-0.2, -0.15) is 0 Å². The van der Waals surface area contributed by atoms with E-state index in [4.69, 9.17) is 9.47 Å². The summed E-state index contributed by atoms with van der Waals surface area (Å²) in [5.41, 5.74) is 0.679. The van der Waals surface area contributed by atoms with Crippen molar-refractivity contribution in [1.82, 2.24) is 0 Å². The van der Waals surface area contributed by atoms with Crippen molar-refractivity contribution in [1.29, 1.82) is 0 Å². The number of ether oxygens (including phenoxy) is 2. The Balaban J connectivity index is 0.000000980. The Morgan fingerprint density at radius 1 is 1.29 bits per heavy atom. The molecule has 1 unspecified atom stereocenters. The summed E-state index contributed by atoms with van der Waals surface area (Å²) in [7, 11) is 0. The molecule has 1 aromatic rings. The number of hydrogen-bond donors (Lipinski definition) is 0. The van der Waals surface area contributed by atoms with Crippen molar-refractivity contribution in [2.75, 3.05) is 13.4 Å². The molecule has 1 aromatic carbocycles. The van der Waals surface area contributed by atoms with Gasteiger partial charge in [0.2, 0.25) is 0 Å². The first-order valence-electron chi connectivity index (χ1n) is 4.16. The lowest BCUT2D eigenvalue weighted by Crippen LogP contribution is -2.22. The molecule has 14 heavy (non-hydrogen) atoms. The number of ketones is 1. The Labute approximate surface area is 88.4 Å². The van der Waals surface area contributed by atoms with Gasteiger partial charge in [0.05, 0.1) is 6.61 Å². The van der Waals surface area contributed by atoms with Gasteiger partial charge in [0.15, 0.2) is 5.78 Å². The first-order chi connectivity index (χ1) is 6.38. The number of halogens is 1. The average Bonchev–Trinajstić information content (AvgIpc) is 2.71. The molecule has 1 saturated heterocycles. The second-order valence-corrected chi connectivity index (χ2v) is 2.87. The Bertz CT molecular complexity index is 293. The summed E-state index contributed by atoms with van der Waals surface area (Å²) >= 11 is 0. The van der Waals surface area contributed by atoms with Crippen molar-refractivity contribution in [3.05, 3.63) is 35.9 Å². The zero-order valence-electron chi connectivity index (χ0n) is 7.51. The van der Waals surface area contributed by atoms with Gasteiger partial charge in [0.1, 0.15) is 12.9 Å². The maximum atomic E-state index is 11.6. The van der Waals surface area contributed by atoms with Crippen molar-refractivity contribution in [3.63, 3.8) is 0 Å². The Morgan fingerprint density at radius 3 is 2.57 bits per heavy atom. The van der Waals surface area contributed by atoms with E-state index in [1.165, 1.54) is 0 Å². The SMILES string of the molecule is Cl.O=C(c1ccccc1)C1COCO1. The minimum Gasteiger partial charge on any atom is -0.352 e. The van der Waals surface area contributed by atoms with E-state index in [1.807, 2.05) is 18.2 Å². The predicted octanol–water partition coefficient (Wildman–Crippen LogP) is 1.66. The first kappa shape index (κ1) is 11.2. The summed E-state index contributed by atoms with van der Waals surface area (Å²) in [6.07, 6.45) is -0.414. The fourth-order valence-electron chi connectivity index (χ4n) is 1.27. The van der Waals surface area contributed by atoms with Crippen LogP contribution in [0.4, 0.5) is 0 Å². The summed E-state index contributed by atoms with van der Waals surface area (Å²) in [6, 6.07) is 9.11. The number of hydrogen-bond acceptors (Lipinski definition) is 3. The van der Waals surface area contributed by atoms with Crippen LogP contribution in [0.1, 0.15) is 10.4 Å². The van der Waals surface area contributed by atoms with Crippen LogP contribution in [0.25, 0.3) is 0 Å². The van der Waals surface area contributed by atoms with Crippen LogP contribution < -0.4 is 0 Å². The van der Waals surface area contributed by atoms with E-state index in [9.17, 15) is 4.79 Å². The molecule has 0 aliphatic carbocycles. The molecule has 76 valence electrons. The minimum absolute atomic E-state index is 0. The second-order valence-electron chi connectivity index (χ2n) is 2.87. The molecular formula is C10H11ClO3. The third-order valence-corrected chi connectivity index (χ3v) is 1.97. The van der Waals surface area contributed by atoms with Gasteiger partial charge < -0.3 is 9.47 Å². The summed E-state index contributed by atoms with van der Waals surface area (Å²) in [5.74, 6) is -0.00176. The number of carbonyl (C=O) groups is 1. The standard InChI is InChI=1S/C10H10O3.ClH/c11-10(9-6-12-7-13-9)8-4-2-1-3-5-8;/h1-5,9H,6-7H2;1H. The second kappa shape index (κ2) is 5.10. The van der Waals surface area contributed by atoms with E-state index in [1.54, 1.807) is 12.1 Å². The number of rotatable bonds is 2. The maximum Gasteiger partial charge on any atom is 0.194 e. The molecule has 1 aliphatic rings. The molecule has 0 radical (unpaired) electrons. The minimum atomic E-state index is -0.414. The van der Waals surface area contributed by atoms with Crippen LogP contribution in [-0.4, -0.2) is 25.3 Å². The van der Waals surface area contributed by atoms with E-state index < -0.39 is 6.10 Å². The van der Waals surface area contributed by atoms with Gasteiger partial charge in [-0.15, -0.1) is 12.4 Å². The van der Waals surface area contributed by atoms with Gasteiger partial charge in [0.25, 0.3) is 0 Å². The third-order valence-electron chi connectivity index (χ3n) is 1.97. The number of benzene rings is 1. The molecule has 0 aromatic heterocycles. The smallest absolute Gasteiger partial charge is 0.194 e. The van der Waals surface area contributed by atoms with Gasteiger partial charge >= 0.3 is 0 Å². The van der Waals surface area contributed by atoms with Crippen LogP contribution in [-0.2, 0) is 9.47 Å². The highest BCUT2D eigenvalue weighted by Crippen LogP contribution is 2.10. The highest BCUT2D eigenvalue weighted by atomic mass is 35.5. The van der Waals surface area contributed by atoms with Gasteiger partial charge in [-0.3, -0.25) is 4.79 Å². The van der Waals surface area contributed by atoms with Crippen LogP contribution >= 0.6 is 12.4 Å². The van der Waals surface area contributed by atoms with E-state index in [0.717, 1.165) is 0 Å². The van der Waals surface area contributed by atoms with Crippen molar-refractivity contribution < 1.29 is 14.3 Å². The first-order valence-corrected chi connectivity index (χ1v) is 4.16. The Kier molecular flexibility index (Phi) is 4.07. The normalized spacial score (nSPS) is 20.1. The zero-order valence-corrected chi connectivity index (χ0v) is 8.33. The van der Waals surface area contributed by atoms with E-state index >= 15 is 0 Å². The highest BCUT2D eigenvalue weighted by molar-refractivity contribution is 5.99. The summed E-state index contributed by atoms with van der Waals surface area (Å²) < 4.78 is 10.1. The number of Topliss-reactive ketones (excluding diaryl/α,β-unsaturated/α-hetero) is 1. The van der Waals surface area contributed by atoms with Crippen LogP contribution in [0.5, 0.6) is 0 Å². The Hall–Kier alpha value is -0.900. The van der Waals surface area contributed by atoms with E-state index in [0.29, 0.717) is 12.2 Å². The lowest BCUT2D eigenvalue weighted by atomic mass is 10.1. The lowest BCUT2D eigenvalue weighted by Gasteiger charge is -2.05. The fraction of sp³-hybridized carbons (Fsp3) is 0.300. The molecule has 1 fully saturated rings. The molecule has 0 bridgehead atoms. The van der Waals surface area contributed by atoms with Crippen molar-refractivity contribution in [2.45, 2.75) is 6.10 Å². The molecule has 3 nitrogen and oxygen atoms in total. The van der Waals surface area contributed by atoms with Crippen molar-refractivity contribution in [2.24, 2.45) is 0 Å². The molecule has 0 spiro atoms. The molecular weight excluding hydrogens is 204 g/mol. The topological polar surface area (TPSA) is 35.5 Å². The van der Waals surface area contributed by atoms with Crippen LogP contribution in [0.2, 0.25) is 0 Å². The van der Waals surface area contributed by atoms with Gasteiger partial charge in [-0.05, 0) is 0 Å². The molecule has 0 amide bonds. The summed E-state index contributed by atoms with van der Waals surface area (Å²) in [4.78, 5) is 11.6. The van der Waals surface area contributed by atoms with E-state index in [-0.39, 0.29) is 25.0 Å². The largest absolute Gasteiger partial charge is 0.352 e. The van der Waals surface area contributed by atoms with Gasteiger partial charge in [-0.25, -0.2) is 0 Å². The average molecular weight is 215 g/mol. The van der Waals surface area contributed by atoms with Crippen LogP contribution in [0, 0.1) is 0 Å². The molecule has 1 atom stereocenters. The van der Waals surface area contributed by atoms with Crippen LogP contribution in [0.3, 0.4) is 0 Å². The monoisotopic (exact) mass is 214 g/mol. The number of carbonyl (C=O) groups excluding carboxylic acids is 1. The third kappa shape index (κ3) is 2.32. The summed E-state index contributed by atoms with van der Waals surface area (Å²) in [6.45, 7) is 0.594. The molecule has 0 saturated carbocycles. The maximum absolute atomic E-state index is 11.6. The van der Waals surface area contributed by atoms with Crippen molar-refractivity contribution in [3.8, 4) is 0 Å². The summed E-state index contributed by atoms with van der Waals surface area (Å²) in [5, 5.41) is 0. The fourth-order valence-corrected chi connectivity index (χ4v) is 1.27.